The van der Waals surface area contributed by atoms with Crippen LogP contribution >= 0.6 is 0 Å². The number of carbonyl (C=O) groups excluding carboxylic acids is 1. The van der Waals surface area contributed by atoms with E-state index in [1.165, 1.54) is 0 Å². The second kappa shape index (κ2) is 7.60. The van der Waals surface area contributed by atoms with E-state index in [-0.39, 0.29) is 18.2 Å². The lowest BCUT2D eigenvalue weighted by Crippen LogP contribution is -2.29. The highest BCUT2D eigenvalue weighted by molar-refractivity contribution is 7.89. The number of sulfonamides is 1. The van der Waals surface area contributed by atoms with E-state index in [0.717, 1.165) is 28.8 Å². The number of hydrogen-bond donors (Lipinski definition) is 1. The molecule has 2 aromatic rings. The van der Waals surface area contributed by atoms with Gasteiger partial charge in [0.15, 0.2) is 0 Å². The molecule has 0 unspecified atom stereocenters. The lowest BCUT2D eigenvalue weighted by molar-refractivity contribution is 0.0989. The van der Waals surface area contributed by atoms with Gasteiger partial charge in [-0.1, -0.05) is 36.8 Å². The van der Waals surface area contributed by atoms with Gasteiger partial charge in [0.05, 0.1) is 5.75 Å². The van der Waals surface area contributed by atoms with E-state index < -0.39 is 10.0 Å². The monoisotopic (exact) mass is 372 g/mol. The summed E-state index contributed by atoms with van der Waals surface area (Å²) in [5, 5.41) is 0. The number of nitrogens with one attached hydrogen (secondary N) is 1. The predicted molar refractivity (Wildman–Crippen MR) is 104 cm³/mol. The van der Waals surface area contributed by atoms with Crippen molar-refractivity contribution in [2.24, 2.45) is 0 Å². The minimum absolute atomic E-state index is 0.0174. The van der Waals surface area contributed by atoms with E-state index in [0.29, 0.717) is 18.5 Å². The third kappa shape index (κ3) is 4.14. The largest absolute Gasteiger partial charge is 0.308 e. The van der Waals surface area contributed by atoms with Crippen LogP contribution in [0.2, 0.25) is 0 Å². The van der Waals surface area contributed by atoms with E-state index >= 15 is 0 Å². The lowest BCUT2D eigenvalue weighted by atomic mass is 10.1. The molecule has 0 atom stereocenters. The van der Waals surface area contributed by atoms with Crippen LogP contribution in [0.5, 0.6) is 0 Å². The first kappa shape index (κ1) is 18.6. The topological polar surface area (TPSA) is 66.5 Å². The van der Waals surface area contributed by atoms with Gasteiger partial charge >= 0.3 is 0 Å². The van der Waals surface area contributed by atoms with Crippen LogP contribution in [0.4, 0.5) is 5.69 Å². The number of anilines is 1. The lowest BCUT2D eigenvalue weighted by Gasteiger charge is -2.18. The van der Waals surface area contributed by atoms with Gasteiger partial charge in [-0.3, -0.25) is 4.79 Å². The number of carbonyl (C=O) groups is 1. The Balaban J connectivity index is 1.80. The number of amides is 1. The zero-order chi connectivity index (χ0) is 18.7. The van der Waals surface area contributed by atoms with Crippen LogP contribution in [0.25, 0.3) is 0 Å². The summed E-state index contributed by atoms with van der Waals surface area (Å²) in [5.74, 6) is 0.104. The van der Waals surface area contributed by atoms with Crippen molar-refractivity contribution >= 4 is 21.6 Å². The molecule has 0 aromatic heterocycles. The maximum absolute atomic E-state index is 12.9. The summed E-state index contributed by atoms with van der Waals surface area (Å²) in [5.41, 5.74) is 4.57. The third-order valence-electron chi connectivity index (χ3n) is 4.52. The normalized spacial score (nSPS) is 13.7. The van der Waals surface area contributed by atoms with Gasteiger partial charge in [0.25, 0.3) is 5.91 Å². The first-order valence-corrected chi connectivity index (χ1v) is 10.5. The van der Waals surface area contributed by atoms with Gasteiger partial charge < -0.3 is 4.90 Å². The summed E-state index contributed by atoms with van der Waals surface area (Å²) in [7, 11) is -3.25. The molecular formula is C20H24N2O3S. The predicted octanol–water partition coefficient (Wildman–Crippen LogP) is 3.03. The quantitative estimate of drug-likeness (QED) is 0.848. The molecule has 6 heteroatoms. The Hall–Kier alpha value is -2.18. The molecule has 1 aliphatic heterocycles. The smallest absolute Gasteiger partial charge is 0.258 e. The minimum atomic E-state index is -3.25. The Morgan fingerprint density at radius 1 is 1.19 bits per heavy atom. The molecule has 1 heterocycles. The Labute approximate surface area is 155 Å². The Morgan fingerprint density at radius 3 is 2.73 bits per heavy atom. The maximum atomic E-state index is 12.9. The highest BCUT2D eigenvalue weighted by Gasteiger charge is 2.26. The number of benzene rings is 2. The first-order chi connectivity index (χ1) is 12.4. The Kier molecular flexibility index (Phi) is 5.44. The summed E-state index contributed by atoms with van der Waals surface area (Å²) in [6.45, 7) is 4.69. The standard InChI is InChI=1S/C20H24N2O3S/c1-3-11-26(24,25)21-14-16-7-8-17-9-10-22(19(17)13-16)20(23)18-6-4-5-15(2)12-18/h4-8,12-13,21H,3,9-11,14H2,1-2H3. The second-order valence-corrected chi connectivity index (χ2v) is 8.61. The molecule has 2 aromatic carbocycles. The molecular weight excluding hydrogens is 348 g/mol. The molecule has 0 fully saturated rings. The zero-order valence-electron chi connectivity index (χ0n) is 15.2. The van der Waals surface area contributed by atoms with Crippen LogP contribution in [0.1, 0.15) is 40.4 Å². The Bertz CT molecular complexity index is 922. The molecule has 0 spiro atoms. The van der Waals surface area contributed by atoms with E-state index in [2.05, 4.69) is 4.72 Å². The van der Waals surface area contributed by atoms with Gasteiger partial charge in [0.1, 0.15) is 0 Å². The molecule has 26 heavy (non-hydrogen) atoms. The summed E-state index contributed by atoms with van der Waals surface area (Å²) >= 11 is 0. The Morgan fingerprint density at radius 2 is 2.00 bits per heavy atom. The van der Waals surface area contributed by atoms with Crippen molar-refractivity contribution in [1.29, 1.82) is 0 Å². The van der Waals surface area contributed by atoms with Gasteiger partial charge in [-0.2, -0.15) is 0 Å². The van der Waals surface area contributed by atoms with Gasteiger partial charge in [-0.05, 0) is 49.1 Å². The number of nitrogens with zero attached hydrogens (tertiary/aromatic N) is 1. The highest BCUT2D eigenvalue weighted by Crippen LogP contribution is 2.30. The van der Waals surface area contributed by atoms with Crippen LogP contribution in [0, 0.1) is 6.92 Å². The molecule has 0 saturated heterocycles. The van der Waals surface area contributed by atoms with E-state index in [4.69, 9.17) is 0 Å². The molecule has 3 rings (SSSR count). The summed E-state index contributed by atoms with van der Waals surface area (Å²) < 4.78 is 26.3. The van der Waals surface area contributed by atoms with Crippen LogP contribution in [0.3, 0.4) is 0 Å². The van der Waals surface area contributed by atoms with E-state index in [9.17, 15) is 13.2 Å². The van der Waals surface area contributed by atoms with Crippen molar-refractivity contribution in [2.45, 2.75) is 33.2 Å². The van der Waals surface area contributed by atoms with Gasteiger partial charge in [0, 0.05) is 24.3 Å². The van der Waals surface area contributed by atoms with Crippen LogP contribution < -0.4 is 9.62 Å². The minimum Gasteiger partial charge on any atom is -0.308 e. The van der Waals surface area contributed by atoms with E-state index in [1.807, 2.05) is 56.3 Å². The highest BCUT2D eigenvalue weighted by atomic mass is 32.2. The number of fused-ring (bicyclic) bond motifs is 1. The molecule has 1 amide bonds. The maximum Gasteiger partial charge on any atom is 0.258 e. The molecule has 1 N–H and O–H groups in total. The molecule has 1 aliphatic rings. The van der Waals surface area contributed by atoms with Crippen LogP contribution in [0.15, 0.2) is 42.5 Å². The third-order valence-corrected chi connectivity index (χ3v) is 6.05. The fourth-order valence-corrected chi connectivity index (χ4v) is 4.28. The fourth-order valence-electron chi connectivity index (χ4n) is 3.21. The molecule has 5 nitrogen and oxygen atoms in total. The van der Waals surface area contributed by atoms with Crippen LogP contribution in [-0.4, -0.2) is 26.6 Å². The fraction of sp³-hybridized carbons (Fsp3) is 0.350. The van der Waals surface area contributed by atoms with Crippen LogP contribution in [-0.2, 0) is 23.0 Å². The van der Waals surface area contributed by atoms with Crippen molar-refractivity contribution in [3.63, 3.8) is 0 Å². The SMILES string of the molecule is CCCS(=O)(=O)NCc1ccc2c(c1)N(C(=O)c1cccc(C)c1)CC2. The molecule has 138 valence electrons. The number of hydrogen-bond acceptors (Lipinski definition) is 3. The molecule has 0 aliphatic carbocycles. The summed E-state index contributed by atoms with van der Waals surface area (Å²) in [6, 6.07) is 13.4. The second-order valence-electron chi connectivity index (χ2n) is 6.68. The number of aryl methyl sites for hydroxylation is 1. The zero-order valence-corrected chi connectivity index (χ0v) is 16.0. The van der Waals surface area contributed by atoms with Crippen molar-refractivity contribution in [3.8, 4) is 0 Å². The van der Waals surface area contributed by atoms with Crippen molar-refractivity contribution in [1.82, 2.24) is 4.72 Å². The van der Waals surface area contributed by atoms with E-state index in [1.54, 1.807) is 4.90 Å². The van der Waals surface area contributed by atoms with Gasteiger partial charge in [-0.15, -0.1) is 0 Å². The van der Waals surface area contributed by atoms with Crippen molar-refractivity contribution in [2.75, 3.05) is 17.2 Å². The molecule has 0 radical (unpaired) electrons. The summed E-state index contributed by atoms with van der Waals surface area (Å²) in [6.07, 6.45) is 1.40. The van der Waals surface area contributed by atoms with Gasteiger partial charge in [0.2, 0.25) is 10.0 Å². The van der Waals surface area contributed by atoms with Crippen molar-refractivity contribution < 1.29 is 13.2 Å². The first-order valence-electron chi connectivity index (χ1n) is 8.87. The average Bonchev–Trinajstić information content (AvgIpc) is 3.02. The van der Waals surface area contributed by atoms with Gasteiger partial charge in [-0.25, -0.2) is 13.1 Å². The van der Waals surface area contributed by atoms with Crippen molar-refractivity contribution in [3.05, 3.63) is 64.7 Å². The summed E-state index contributed by atoms with van der Waals surface area (Å²) in [4.78, 5) is 14.7. The molecule has 0 bridgehead atoms. The molecule has 0 saturated carbocycles. The average molecular weight is 372 g/mol. The number of rotatable bonds is 6.